The summed E-state index contributed by atoms with van der Waals surface area (Å²) in [4.78, 5) is 11.4. The van der Waals surface area contributed by atoms with Crippen LogP contribution >= 0.6 is 15.9 Å². The number of carbonyl (C=O) groups is 1. The monoisotopic (exact) mass is 296 g/mol. The van der Waals surface area contributed by atoms with Gasteiger partial charge in [-0.2, -0.15) is 0 Å². The van der Waals surface area contributed by atoms with Crippen molar-refractivity contribution in [1.82, 2.24) is 10.6 Å². The third-order valence-corrected chi connectivity index (χ3v) is 2.53. The fraction of sp³-hybridized carbons (Fsp3) is 0.308. The molecule has 2 amide bonds. The predicted molar refractivity (Wildman–Crippen MR) is 73.5 cm³/mol. The maximum absolute atomic E-state index is 11.4. The van der Waals surface area contributed by atoms with Crippen molar-refractivity contribution in [3.8, 4) is 0 Å². The molecule has 1 aromatic carbocycles. The number of benzene rings is 1. The van der Waals surface area contributed by atoms with Crippen LogP contribution in [0.5, 0.6) is 0 Å². The van der Waals surface area contributed by atoms with Crippen molar-refractivity contribution in [3.05, 3.63) is 46.6 Å². The van der Waals surface area contributed by atoms with E-state index in [1.54, 1.807) is 6.20 Å². The van der Waals surface area contributed by atoms with E-state index in [0.29, 0.717) is 12.5 Å². The van der Waals surface area contributed by atoms with Crippen LogP contribution < -0.4 is 10.6 Å². The Morgan fingerprint density at radius 1 is 1.47 bits per heavy atom. The SMILES string of the molecule is CC(C)/C=C/NC(=O)NCc1cccc(Br)c1. The number of urea groups is 1. The van der Waals surface area contributed by atoms with Crippen LogP contribution in [0.3, 0.4) is 0 Å². The van der Waals surface area contributed by atoms with Crippen LogP contribution in [-0.2, 0) is 6.54 Å². The van der Waals surface area contributed by atoms with E-state index in [0.717, 1.165) is 10.0 Å². The first-order valence-electron chi connectivity index (χ1n) is 5.53. The van der Waals surface area contributed by atoms with Gasteiger partial charge in [-0.1, -0.05) is 48.0 Å². The van der Waals surface area contributed by atoms with Gasteiger partial charge in [0.05, 0.1) is 0 Å². The summed E-state index contributed by atoms with van der Waals surface area (Å²) in [5.41, 5.74) is 1.06. The second-order valence-electron chi connectivity index (χ2n) is 4.06. The molecule has 0 aliphatic heterocycles. The third kappa shape index (κ3) is 6.12. The average Bonchev–Trinajstić information content (AvgIpc) is 2.26. The molecule has 2 N–H and O–H groups in total. The van der Waals surface area contributed by atoms with E-state index in [4.69, 9.17) is 0 Å². The number of hydrogen-bond acceptors (Lipinski definition) is 1. The highest BCUT2D eigenvalue weighted by Gasteiger charge is 1.98. The Balaban J connectivity index is 2.33. The molecule has 0 bridgehead atoms. The Morgan fingerprint density at radius 2 is 2.24 bits per heavy atom. The summed E-state index contributed by atoms with van der Waals surface area (Å²) < 4.78 is 1.01. The van der Waals surface area contributed by atoms with Crippen molar-refractivity contribution < 1.29 is 4.79 Å². The van der Waals surface area contributed by atoms with Crippen molar-refractivity contribution in [2.24, 2.45) is 5.92 Å². The second-order valence-corrected chi connectivity index (χ2v) is 4.98. The first kappa shape index (κ1) is 13.8. The lowest BCUT2D eigenvalue weighted by Gasteiger charge is -2.05. The minimum Gasteiger partial charge on any atom is -0.334 e. The Bertz CT molecular complexity index is 402. The maximum Gasteiger partial charge on any atom is 0.319 e. The van der Waals surface area contributed by atoms with Gasteiger partial charge in [0.25, 0.3) is 0 Å². The molecule has 0 atom stereocenters. The Labute approximate surface area is 110 Å². The van der Waals surface area contributed by atoms with Crippen LogP contribution in [0.15, 0.2) is 41.0 Å². The molecule has 17 heavy (non-hydrogen) atoms. The highest BCUT2D eigenvalue weighted by atomic mass is 79.9. The highest BCUT2D eigenvalue weighted by molar-refractivity contribution is 9.10. The maximum atomic E-state index is 11.4. The molecule has 0 aliphatic carbocycles. The number of rotatable bonds is 4. The van der Waals surface area contributed by atoms with Crippen molar-refractivity contribution >= 4 is 22.0 Å². The zero-order valence-electron chi connectivity index (χ0n) is 10.0. The zero-order valence-corrected chi connectivity index (χ0v) is 11.6. The molecule has 0 aliphatic rings. The van der Waals surface area contributed by atoms with Crippen LogP contribution in [0, 0.1) is 5.92 Å². The lowest BCUT2D eigenvalue weighted by molar-refractivity contribution is 0.243. The summed E-state index contributed by atoms with van der Waals surface area (Å²) in [5.74, 6) is 0.431. The topological polar surface area (TPSA) is 41.1 Å². The first-order valence-corrected chi connectivity index (χ1v) is 6.32. The van der Waals surface area contributed by atoms with Crippen LogP contribution in [0.4, 0.5) is 4.79 Å². The molecule has 0 heterocycles. The molecule has 4 heteroatoms. The summed E-state index contributed by atoms with van der Waals surface area (Å²) in [6, 6.07) is 7.65. The molecule has 0 spiro atoms. The molecule has 3 nitrogen and oxygen atoms in total. The zero-order chi connectivity index (χ0) is 12.7. The highest BCUT2D eigenvalue weighted by Crippen LogP contribution is 2.11. The fourth-order valence-corrected chi connectivity index (χ4v) is 1.64. The lowest BCUT2D eigenvalue weighted by Crippen LogP contribution is -2.31. The van der Waals surface area contributed by atoms with E-state index >= 15 is 0 Å². The molecule has 1 rings (SSSR count). The largest absolute Gasteiger partial charge is 0.334 e. The summed E-state index contributed by atoms with van der Waals surface area (Å²) in [5, 5.41) is 5.43. The van der Waals surface area contributed by atoms with Crippen molar-refractivity contribution in [3.63, 3.8) is 0 Å². The Hall–Kier alpha value is -1.29. The molecule has 0 radical (unpaired) electrons. The normalized spacial score (nSPS) is 10.8. The molecule has 0 saturated carbocycles. The minimum absolute atomic E-state index is 0.193. The van der Waals surface area contributed by atoms with E-state index in [1.165, 1.54) is 0 Å². The standard InChI is InChI=1S/C13H17BrN2O/c1-10(2)6-7-15-13(17)16-9-11-4-3-5-12(14)8-11/h3-8,10H,9H2,1-2H3,(H2,15,16,17)/b7-6+. The predicted octanol–water partition coefficient (Wildman–Crippen LogP) is 3.42. The van der Waals surface area contributed by atoms with Gasteiger partial charge in [0.2, 0.25) is 0 Å². The number of carbonyl (C=O) groups excluding carboxylic acids is 1. The molecule has 0 fully saturated rings. The van der Waals surface area contributed by atoms with Crippen molar-refractivity contribution in [2.45, 2.75) is 20.4 Å². The summed E-state index contributed by atoms with van der Waals surface area (Å²) in [7, 11) is 0. The molecule has 0 aromatic heterocycles. The van der Waals surface area contributed by atoms with Crippen molar-refractivity contribution in [1.29, 1.82) is 0 Å². The van der Waals surface area contributed by atoms with E-state index < -0.39 is 0 Å². The van der Waals surface area contributed by atoms with Crippen LogP contribution in [0.25, 0.3) is 0 Å². The lowest BCUT2D eigenvalue weighted by atomic mass is 10.2. The minimum atomic E-state index is -0.193. The van der Waals surface area contributed by atoms with Gasteiger partial charge in [0, 0.05) is 17.2 Å². The van der Waals surface area contributed by atoms with Gasteiger partial charge in [-0.3, -0.25) is 0 Å². The summed E-state index contributed by atoms with van der Waals surface area (Å²) in [6.45, 7) is 4.62. The molecule has 0 saturated heterocycles. The average molecular weight is 297 g/mol. The number of hydrogen-bond donors (Lipinski definition) is 2. The summed E-state index contributed by atoms with van der Waals surface area (Å²) >= 11 is 3.39. The third-order valence-electron chi connectivity index (χ3n) is 2.04. The quantitative estimate of drug-likeness (QED) is 0.878. The second kappa shape index (κ2) is 7.12. The smallest absolute Gasteiger partial charge is 0.319 e. The van der Waals surface area contributed by atoms with Gasteiger partial charge in [0.1, 0.15) is 0 Å². The first-order chi connectivity index (χ1) is 8.08. The van der Waals surface area contributed by atoms with E-state index in [2.05, 4.69) is 40.4 Å². The molecule has 1 aromatic rings. The van der Waals surface area contributed by atoms with Crippen LogP contribution in [-0.4, -0.2) is 6.03 Å². The van der Waals surface area contributed by atoms with Crippen LogP contribution in [0.1, 0.15) is 19.4 Å². The van der Waals surface area contributed by atoms with E-state index in [1.807, 2.05) is 30.3 Å². The van der Waals surface area contributed by atoms with Gasteiger partial charge in [-0.15, -0.1) is 0 Å². The number of nitrogens with one attached hydrogen (secondary N) is 2. The molecular weight excluding hydrogens is 280 g/mol. The molecule has 0 unspecified atom stereocenters. The van der Waals surface area contributed by atoms with E-state index in [9.17, 15) is 4.79 Å². The molecule has 92 valence electrons. The molecular formula is C13H17BrN2O. The van der Waals surface area contributed by atoms with Gasteiger partial charge < -0.3 is 10.6 Å². The number of halogens is 1. The van der Waals surface area contributed by atoms with Gasteiger partial charge in [-0.25, -0.2) is 4.79 Å². The van der Waals surface area contributed by atoms with Gasteiger partial charge in [-0.05, 0) is 23.6 Å². The van der Waals surface area contributed by atoms with E-state index in [-0.39, 0.29) is 6.03 Å². The number of allylic oxidation sites excluding steroid dienone is 1. The number of amides is 2. The Kier molecular flexibility index (Phi) is 5.77. The van der Waals surface area contributed by atoms with Crippen LogP contribution in [0.2, 0.25) is 0 Å². The summed E-state index contributed by atoms with van der Waals surface area (Å²) in [6.07, 6.45) is 3.60. The van der Waals surface area contributed by atoms with Gasteiger partial charge >= 0.3 is 6.03 Å². The fourth-order valence-electron chi connectivity index (χ4n) is 1.20. The Morgan fingerprint density at radius 3 is 2.88 bits per heavy atom. The van der Waals surface area contributed by atoms with Gasteiger partial charge in [0.15, 0.2) is 0 Å². The van der Waals surface area contributed by atoms with Crippen molar-refractivity contribution in [2.75, 3.05) is 0 Å².